The Hall–Kier alpha value is -2.97. The molecule has 8 heteroatoms. The van der Waals surface area contributed by atoms with Crippen molar-refractivity contribution in [3.05, 3.63) is 65.5 Å². The minimum Gasteiger partial charge on any atom is -0.437 e. The highest BCUT2D eigenvalue weighted by Gasteiger charge is 2.51. The summed E-state index contributed by atoms with van der Waals surface area (Å²) in [6.07, 6.45) is 1.55. The zero-order valence-corrected chi connectivity index (χ0v) is 20.1. The lowest BCUT2D eigenvalue weighted by Gasteiger charge is -2.34. The first kappa shape index (κ1) is 23.2. The molecule has 2 aromatic carbocycles. The number of rotatable bonds is 5. The van der Waals surface area contributed by atoms with Crippen molar-refractivity contribution in [2.45, 2.75) is 38.0 Å². The molecule has 1 aromatic heterocycles. The van der Waals surface area contributed by atoms with E-state index in [1.54, 1.807) is 6.07 Å². The molecule has 0 aliphatic carbocycles. The van der Waals surface area contributed by atoms with Crippen LogP contribution in [-0.4, -0.2) is 26.0 Å². The van der Waals surface area contributed by atoms with Gasteiger partial charge in [0.2, 0.25) is 10.8 Å². The molecule has 1 N–H and O–H groups in total. The van der Waals surface area contributed by atoms with Crippen LogP contribution in [0, 0.1) is 0 Å². The number of carbonyl (C=O) groups excluding carboxylic acids is 2. The van der Waals surface area contributed by atoms with Gasteiger partial charge in [-0.05, 0) is 53.8 Å². The quantitative estimate of drug-likeness (QED) is 0.494. The van der Waals surface area contributed by atoms with Crippen LogP contribution in [0.4, 0.5) is 5.69 Å². The van der Waals surface area contributed by atoms with E-state index in [0.29, 0.717) is 17.7 Å². The van der Waals surface area contributed by atoms with Crippen LogP contribution in [0.15, 0.2) is 60.7 Å². The van der Waals surface area contributed by atoms with Crippen molar-refractivity contribution in [3.63, 3.8) is 0 Å². The Morgan fingerprint density at radius 3 is 2.06 bits per heavy atom. The summed E-state index contributed by atoms with van der Waals surface area (Å²) in [5, 5.41) is 2.75. The lowest BCUT2D eigenvalue weighted by atomic mass is 10.0. The molecule has 1 fully saturated rings. The molecule has 0 saturated carbocycles. The lowest BCUT2D eigenvalue weighted by molar-refractivity contribution is -0.150. The number of thiophene rings is 1. The van der Waals surface area contributed by atoms with Gasteiger partial charge in [-0.3, -0.25) is 9.59 Å². The highest BCUT2D eigenvalue weighted by Crippen LogP contribution is 2.46. The van der Waals surface area contributed by atoms with E-state index in [9.17, 15) is 18.0 Å². The Labute approximate surface area is 197 Å². The second-order valence-electron chi connectivity index (χ2n) is 8.12. The number of benzene rings is 2. The van der Waals surface area contributed by atoms with Crippen molar-refractivity contribution in [2.75, 3.05) is 11.1 Å². The Bertz CT molecular complexity index is 1280. The molecule has 0 bridgehead atoms. The van der Waals surface area contributed by atoms with Gasteiger partial charge in [0.05, 0.1) is 10.6 Å². The molecular weight excluding hydrogens is 458 g/mol. The number of amides is 1. The zero-order valence-electron chi connectivity index (χ0n) is 18.5. The summed E-state index contributed by atoms with van der Waals surface area (Å²) in [7, 11) is -3.61. The predicted octanol–water partition coefficient (Wildman–Crippen LogP) is 5.36. The molecule has 1 aliphatic heterocycles. The van der Waals surface area contributed by atoms with Crippen molar-refractivity contribution in [3.8, 4) is 21.6 Å². The molecule has 2 heterocycles. The zero-order chi connectivity index (χ0) is 23.6. The molecule has 0 radical (unpaired) electrons. The lowest BCUT2D eigenvalue weighted by Crippen LogP contribution is -2.43. The Morgan fingerprint density at radius 1 is 0.879 bits per heavy atom. The first-order chi connectivity index (χ1) is 15.7. The topological polar surface area (TPSA) is 89.5 Å². The fraction of sp³-hybridized carbons (Fsp3) is 0.280. The monoisotopic (exact) mass is 483 g/mol. The third-order valence-electron chi connectivity index (χ3n) is 5.67. The second kappa shape index (κ2) is 9.11. The number of carbonyl (C=O) groups is 2. The smallest absolute Gasteiger partial charge is 0.304 e. The molecular formula is C25H25NO5S2. The molecule has 1 atom stereocenters. The van der Waals surface area contributed by atoms with Crippen molar-refractivity contribution >= 4 is 38.7 Å². The van der Waals surface area contributed by atoms with E-state index in [1.807, 2.05) is 54.6 Å². The predicted molar refractivity (Wildman–Crippen MR) is 131 cm³/mol. The molecule has 1 saturated heterocycles. The van der Waals surface area contributed by atoms with Crippen molar-refractivity contribution in [2.24, 2.45) is 0 Å². The van der Waals surface area contributed by atoms with Crippen LogP contribution in [0.2, 0.25) is 0 Å². The van der Waals surface area contributed by atoms with Gasteiger partial charge in [0, 0.05) is 30.8 Å². The molecule has 172 valence electrons. The first-order valence-corrected chi connectivity index (χ1v) is 13.2. The molecule has 1 aliphatic rings. The van der Waals surface area contributed by atoms with E-state index in [0.717, 1.165) is 27.3 Å². The van der Waals surface area contributed by atoms with Crippen molar-refractivity contribution in [1.29, 1.82) is 0 Å². The van der Waals surface area contributed by atoms with Crippen molar-refractivity contribution in [1.82, 2.24) is 0 Å². The molecule has 3 aromatic rings. The maximum Gasteiger partial charge on any atom is 0.304 e. The van der Waals surface area contributed by atoms with Crippen LogP contribution in [0.5, 0.6) is 0 Å². The number of hydrogen-bond acceptors (Lipinski definition) is 6. The highest BCUT2D eigenvalue weighted by atomic mass is 32.2. The largest absolute Gasteiger partial charge is 0.437 e. The van der Waals surface area contributed by atoms with Gasteiger partial charge >= 0.3 is 5.97 Å². The van der Waals surface area contributed by atoms with Gasteiger partial charge in [-0.25, -0.2) is 8.42 Å². The number of anilines is 1. The number of sulfone groups is 1. The number of esters is 1. The number of nitrogens with one attached hydrogen (secondary N) is 1. The van der Waals surface area contributed by atoms with Crippen LogP contribution < -0.4 is 5.32 Å². The van der Waals surface area contributed by atoms with E-state index in [4.69, 9.17) is 4.74 Å². The summed E-state index contributed by atoms with van der Waals surface area (Å²) >= 11 is 1.35. The Morgan fingerprint density at radius 2 is 1.48 bits per heavy atom. The fourth-order valence-corrected chi connectivity index (χ4v) is 7.67. The summed E-state index contributed by atoms with van der Waals surface area (Å²) in [5.74, 6) is -0.689. The van der Waals surface area contributed by atoms with Crippen LogP contribution in [0.1, 0.15) is 38.0 Å². The minimum absolute atomic E-state index is 0.0168. The van der Waals surface area contributed by atoms with Crippen LogP contribution in [0.3, 0.4) is 0 Å². The summed E-state index contributed by atoms with van der Waals surface area (Å²) in [4.78, 5) is 22.8. The van der Waals surface area contributed by atoms with Crippen molar-refractivity contribution < 1.29 is 22.7 Å². The van der Waals surface area contributed by atoms with E-state index in [1.165, 1.54) is 25.2 Å². The maximum absolute atomic E-state index is 13.0. The van der Waals surface area contributed by atoms with Gasteiger partial charge in [0.15, 0.2) is 9.84 Å². The van der Waals surface area contributed by atoms with Gasteiger partial charge in [-0.1, -0.05) is 36.4 Å². The molecule has 1 amide bonds. The van der Waals surface area contributed by atoms with E-state index < -0.39 is 20.7 Å². The van der Waals surface area contributed by atoms with Gasteiger partial charge in [0.1, 0.15) is 0 Å². The summed E-state index contributed by atoms with van der Waals surface area (Å²) in [5.41, 5.74) is 3.74. The first-order valence-electron chi connectivity index (χ1n) is 10.7. The second-order valence-corrected chi connectivity index (χ2v) is 11.5. The van der Waals surface area contributed by atoms with Gasteiger partial charge in [-0.2, -0.15) is 0 Å². The van der Waals surface area contributed by atoms with Gasteiger partial charge < -0.3 is 10.1 Å². The van der Waals surface area contributed by atoms with Crippen LogP contribution in [0.25, 0.3) is 21.6 Å². The summed E-state index contributed by atoms with van der Waals surface area (Å²) in [6.45, 7) is 2.72. The van der Waals surface area contributed by atoms with E-state index in [2.05, 4.69) is 5.32 Å². The molecule has 0 spiro atoms. The third-order valence-corrected chi connectivity index (χ3v) is 9.41. The van der Waals surface area contributed by atoms with Gasteiger partial charge in [0.25, 0.3) is 0 Å². The van der Waals surface area contributed by atoms with E-state index in [-0.39, 0.29) is 18.1 Å². The average Bonchev–Trinajstić information content (AvgIpc) is 3.26. The van der Waals surface area contributed by atoms with Gasteiger partial charge in [-0.15, -0.1) is 11.3 Å². The Balaban J connectivity index is 1.61. The molecule has 33 heavy (non-hydrogen) atoms. The Kier molecular flexibility index (Phi) is 6.41. The van der Waals surface area contributed by atoms with E-state index >= 15 is 0 Å². The molecule has 0 unspecified atom stereocenters. The molecule has 6 nitrogen and oxygen atoms in total. The number of hydrogen-bond donors (Lipinski definition) is 1. The summed E-state index contributed by atoms with van der Waals surface area (Å²) in [6, 6.07) is 19.2. The third kappa shape index (κ3) is 4.72. The average molecular weight is 484 g/mol. The SMILES string of the molecule is CC(=O)Nc1ccc(-c2ccc(-c3ccc([C@]4(OC(C)=O)CCCCS4(=O)=O)s3)cc2)cc1. The van der Waals surface area contributed by atoms with Crippen LogP contribution >= 0.6 is 11.3 Å². The highest BCUT2D eigenvalue weighted by molar-refractivity contribution is 7.92. The maximum atomic E-state index is 13.0. The number of ether oxygens (including phenoxy) is 1. The van der Waals surface area contributed by atoms with Crippen LogP contribution in [-0.2, 0) is 29.1 Å². The fourth-order valence-electron chi connectivity index (χ4n) is 4.12. The molecule has 4 rings (SSSR count). The standard InChI is InChI=1S/C25H25NO5S2/c1-17(27)26-22-11-9-20(10-12-22)19-5-7-21(8-6-19)23-13-14-24(32-23)25(31-18(2)28)15-3-4-16-33(25,29)30/h5-14H,3-4,15-16H2,1-2H3,(H,26,27)/t25-/m0/s1. The normalized spacial score (nSPS) is 19.6. The summed E-state index contributed by atoms with van der Waals surface area (Å²) < 4.78 is 31.4. The minimum atomic E-state index is -3.61.